The zero-order chi connectivity index (χ0) is 12.1. The van der Waals surface area contributed by atoms with Crippen LogP contribution in [-0.4, -0.2) is 22.1 Å². The first-order chi connectivity index (χ1) is 8.29. The van der Waals surface area contributed by atoms with Gasteiger partial charge in [-0.25, -0.2) is 9.97 Å². The summed E-state index contributed by atoms with van der Waals surface area (Å²) in [5.41, 5.74) is 0.699. The number of aromatic amines is 1. The molecule has 0 atom stereocenters. The maximum Gasteiger partial charge on any atom is 0.290 e. The van der Waals surface area contributed by atoms with Crippen LogP contribution in [0.5, 0.6) is 5.88 Å². The van der Waals surface area contributed by atoms with Crippen LogP contribution in [0.3, 0.4) is 0 Å². The van der Waals surface area contributed by atoms with E-state index in [1.165, 1.54) is 12.4 Å². The highest BCUT2D eigenvalue weighted by Crippen LogP contribution is 2.07. The van der Waals surface area contributed by atoms with E-state index >= 15 is 0 Å². The maximum absolute atomic E-state index is 11.3. The molecule has 0 radical (unpaired) electrons. The number of hydrogen-bond donors (Lipinski definition) is 2. The third-order valence-corrected chi connectivity index (χ3v) is 2.17. The minimum Gasteiger partial charge on any atom is -0.481 e. The van der Waals surface area contributed by atoms with Crippen LogP contribution in [0.1, 0.15) is 5.56 Å². The van der Waals surface area contributed by atoms with Crippen LogP contribution in [-0.2, 0) is 6.54 Å². The molecule has 0 aromatic carbocycles. The maximum atomic E-state index is 11.3. The molecule has 2 heterocycles. The van der Waals surface area contributed by atoms with Gasteiger partial charge in [0.25, 0.3) is 5.56 Å². The predicted octanol–water partition coefficient (Wildman–Crippen LogP) is 0.786. The quantitative estimate of drug-likeness (QED) is 0.814. The lowest BCUT2D eigenvalue weighted by Crippen LogP contribution is -2.15. The Balaban J connectivity index is 2.02. The molecule has 0 aliphatic rings. The number of aromatic nitrogens is 3. The van der Waals surface area contributed by atoms with Crippen LogP contribution < -0.4 is 15.6 Å². The molecular weight excluding hydrogens is 220 g/mol. The summed E-state index contributed by atoms with van der Waals surface area (Å²) in [5, 5.41) is 2.93. The number of nitrogens with one attached hydrogen (secondary N) is 2. The number of H-pyrrole nitrogens is 1. The number of methoxy groups -OCH3 is 1. The standard InChI is InChI=1S/C11H12N4O2/c1-17-9-3-2-8(6-14-9)7-15-10-11(16)13-5-4-12-10/h2-6H,7H2,1H3,(H,12,15)(H,13,16). The molecule has 0 saturated heterocycles. The van der Waals surface area contributed by atoms with Crippen molar-refractivity contribution in [1.82, 2.24) is 15.0 Å². The number of hydrogen-bond acceptors (Lipinski definition) is 5. The normalized spacial score (nSPS) is 9.94. The highest BCUT2D eigenvalue weighted by Gasteiger charge is 2.00. The Morgan fingerprint density at radius 3 is 2.94 bits per heavy atom. The molecular formula is C11H12N4O2. The van der Waals surface area contributed by atoms with Gasteiger partial charge in [-0.1, -0.05) is 6.07 Å². The van der Waals surface area contributed by atoms with Gasteiger partial charge in [-0.15, -0.1) is 0 Å². The minimum atomic E-state index is -0.242. The van der Waals surface area contributed by atoms with Gasteiger partial charge in [0.1, 0.15) is 0 Å². The minimum absolute atomic E-state index is 0.242. The number of nitrogens with zero attached hydrogens (tertiary/aromatic N) is 2. The molecule has 0 amide bonds. The zero-order valence-corrected chi connectivity index (χ0v) is 9.30. The van der Waals surface area contributed by atoms with E-state index in [1.807, 2.05) is 6.07 Å². The van der Waals surface area contributed by atoms with E-state index in [9.17, 15) is 4.79 Å². The van der Waals surface area contributed by atoms with E-state index in [-0.39, 0.29) is 5.56 Å². The SMILES string of the molecule is COc1ccc(CNc2ncc[nH]c2=O)cn1. The summed E-state index contributed by atoms with van der Waals surface area (Å²) in [6.45, 7) is 0.483. The Hall–Kier alpha value is -2.37. The summed E-state index contributed by atoms with van der Waals surface area (Å²) in [6, 6.07) is 3.63. The number of anilines is 1. The van der Waals surface area contributed by atoms with Gasteiger partial charge in [-0.3, -0.25) is 4.79 Å². The average Bonchev–Trinajstić information content (AvgIpc) is 2.38. The summed E-state index contributed by atoms with van der Waals surface area (Å²) in [7, 11) is 1.56. The molecule has 6 nitrogen and oxygen atoms in total. The molecule has 2 rings (SSSR count). The van der Waals surface area contributed by atoms with Crippen molar-refractivity contribution in [2.24, 2.45) is 0 Å². The Morgan fingerprint density at radius 2 is 2.29 bits per heavy atom. The second-order valence-electron chi connectivity index (χ2n) is 3.33. The number of pyridine rings is 1. The fourth-order valence-electron chi connectivity index (χ4n) is 1.30. The van der Waals surface area contributed by atoms with Gasteiger partial charge in [0.2, 0.25) is 5.88 Å². The van der Waals surface area contributed by atoms with E-state index in [0.29, 0.717) is 18.2 Å². The van der Waals surface area contributed by atoms with Crippen molar-refractivity contribution < 1.29 is 4.74 Å². The average molecular weight is 232 g/mol. The van der Waals surface area contributed by atoms with Crippen molar-refractivity contribution >= 4 is 5.82 Å². The van der Waals surface area contributed by atoms with E-state index in [0.717, 1.165) is 5.56 Å². The lowest BCUT2D eigenvalue weighted by atomic mass is 10.3. The predicted molar refractivity (Wildman–Crippen MR) is 63.0 cm³/mol. The smallest absolute Gasteiger partial charge is 0.290 e. The second kappa shape index (κ2) is 5.11. The first-order valence-electron chi connectivity index (χ1n) is 5.06. The molecule has 88 valence electrons. The van der Waals surface area contributed by atoms with Crippen molar-refractivity contribution in [2.45, 2.75) is 6.54 Å². The van der Waals surface area contributed by atoms with Crippen LogP contribution in [0.2, 0.25) is 0 Å². The van der Waals surface area contributed by atoms with Crippen molar-refractivity contribution in [2.75, 3.05) is 12.4 Å². The summed E-state index contributed by atoms with van der Waals surface area (Å²) < 4.78 is 4.95. The van der Waals surface area contributed by atoms with Gasteiger partial charge >= 0.3 is 0 Å². The Labute approximate surface area is 97.7 Å². The fourth-order valence-corrected chi connectivity index (χ4v) is 1.30. The van der Waals surface area contributed by atoms with Gasteiger partial charge in [-0.05, 0) is 5.56 Å². The van der Waals surface area contributed by atoms with E-state index in [1.54, 1.807) is 19.4 Å². The van der Waals surface area contributed by atoms with Crippen LogP contribution in [0, 0.1) is 0 Å². The lowest BCUT2D eigenvalue weighted by molar-refractivity contribution is 0.397. The Bertz CT molecular complexity index is 536. The van der Waals surface area contributed by atoms with Gasteiger partial charge in [-0.2, -0.15) is 0 Å². The molecule has 0 aliphatic carbocycles. The van der Waals surface area contributed by atoms with E-state index in [2.05, 4.69) is 20.3 Å². The van der Waals surface area contributed by atoms with Crippen LogP contribution >= 0.6 is 0 Å². The number of rotatable bonds is 4. The summed E-state index contributed by atoms with van der Waals surface area (Å²) in [6.07, 6.45) is 4.70. The van der Waals surface area contributed by atoms with Gasteiger partial charge < -0.3 is 15.0 Å². The van der Waals surface area contributed by atoms with Gasteiger partial charge in [0.15, 0.2) is 5.82 Å². The van der Waals surface area contributed by atoms with Crippen LogP contribution in [0.4, 0.5) is 5.82 Å². The largest absolute Gasteiger partial charge is 0.481 e. The van der Waals surface area contributed by atoms with Gasteiger partial charge in [0.05, 0.1) is 7.11 Å². The fraction of sp³-hybridized carbons (Fsp3) is 0.182. The molecule has 0 spiro atoms. The molecule has 2 aromatic heterocycles. The number of ether oxygens (including phenoxy) is 1. The first-order valence-corrected chi connectivity index (χ1v) is 5.06. The van der Waals surface area contributed by atoms with Crippen LogP contribution in [0.25, 0.3) is 0 Å². The Kier molecular flexibility index (Phi) is 3.34. The summed E-state index contributed by atoms with van der Waals surface area (Å²) >= 11 is 0. The van der Waals surface area contributed by atoms with Crippen molar-refractivity contribution in [3.63, 3.8) is 0 Å². The van der Waals surface area contributed by atoms with Crippen molar-refractivity contribution in [3.05, 3.63) is 46.6 Å². The third-order valence-electron chi connectivity index (χ3n) is 2.17. The third kappa shape index (κ3) is 2.81. The van der Waals surface area contributed by atoms with Gasteiger partial charge in [0, 0.05) is 31.2 Å². The molecule has 0 fully saturated rings. The molecule has 0 saturated carbocycles. The highest BCUT2D eigenvalue weighted by atomic mass is 16.5. The molecule has 0 aliphatic heterocycles. The van der Waals surface area contributed by atoms with Crippen LogP contribution in [0.15, 0.2) is 35.5 Å². The molecule has 0 unspecified atom stereocenters. The molecule has 0 bridgehead atoms. The molecule has 2 N–H and O–H groups in total. The zero-order valence-electron chi connectivity index (χ0n) is 9.30. The molecule has 6 heteroatoms. The van der Waals surface area contributed by atoms with Crippen molar-refractivity contribution in [3.8, 4) is 5.88 Å². The van der Waals surface area contributed by atoms with Crippen molar-refractivity contribution in [1.29, 1.82) is 0 Å². The molecule has 2 aromatic rings. The Morgan fingerprint density at radius 1 is 1.41 bits per heavy atom. The first kappa shape index (κ1) is 11.1. The van der Waals surface area contributed by atoms with E-state index < -0.39 is 0 Å². The summed E-state index contributed by atoms with van der Waals surface area (Å²) in [4.78, 5) is 21.9. The lowest BCUT2D eigenvalue weighted by Gasteiger charge is -2.04. The summed E-state index contributed by atoms with van der Waals surface area (Å²) in [5.74, 6) is 0.854. The monoisotopic (exact) mass is 232 g/mol. The molecule has 17 heavy (non-hydrogen) atoms. The van der Waals surface area contributed by atoms with E-state index in [4.69, 9.17) is 4.74 Å². The topological polar surface area (TPSA) is 79.9 Å². The highest BCUT2D eigenvalue weighted by molar-refractivity contribution is 5.32. The second-order valence-corrected chi connectivity index (χ2v) is 3.33.